The summed E-state index contributed by atoms with van der Waals surface area (Å²) < 4.78 is 5.72. The van der Waals surface area contributed by atoms with Crippen LogP contribution in [0.2, 0.25) is 0 Å². The number of anilines is 2. The van der Waals surface area contributed by atoms with E-state index in [0.717, 1.165) is 11.1 Å². The minimum absolute atomic E-state index is 0.0678. The van der Waals surface area contributed by atoms with Crippen molar-refractivity contribution in [1.29, 1.82) is 0 Å². The van der Waals surface area contributed by atoms with Gasteiger partial charge >= 0.3 is 0 Å². The molecule has 130 valence electrons. The number of rotatable bonds is 4. The van der Waals surface area contributed by atoms with Crippen LogP contribution >= 0.6 is 0 Å². The summed E-state index contributed by atoms with van der Waals surface area (Å²) in [5.41, 5.74) is 3.55. The van der Waals surface area contributed by atoms with Crippen molar-refractivity contribution in [3.05, 3.63) is 53.6 Å². The fraction of sp³-hybridized carbons (Fsp3) is 0.300. The summed E-state index contributed by atoms with van der Waals surface area (Å²) in [6.07, 6.45) is -0.135. The number of nitrogens with one attached hydrogen (secondary N) is 1. The van der Waals surface area contributed by atoms with Gasteiger partial charge in [0.2, 0.25) is 5.91 Å². The highest BCUT2D eigenvalue weighted by atomic mass is 16.5. The summed E-state index contributed by atoms with van der Waals surface area (Å²) in [6.45, 7) is 6.05. The number of fused-ring (bicyclic) bond motifs is 1. The smallest absolute Gasteiger partial charge is 0.268 e. The summed E-state index contributed by atoms with van der Waals surface area (Å²) in [4.78, 5) is 26.1. The highest BCUT2D eigenvalue weighted by molar-refractivity contribution is 6.01. The van der Waals surface area contributed by atoms with Gasteiger partial charge in [0.05, 0.1) is 12.2 Å². The van der Waals surface area contributed by atoms with Crippen LogP contribution in [0.1, 0.15) is 31.4 Å². The first-order valence-electron chi connectivity index (χ1n) is 8.46. The number of carbonyl (C=O) groups is 2. The molecule has 3 rings (SSSR count). The number of carbonyl (C=O) groups excluding carboxylic acids is 2. The van der Waals surface area contributed by atoms with Crippen molar-refractivity contribution in [3.8, 4) is 5.75 Å². The van der Waals surface area contributed by atoms with Crippen molar-refractivity contribution in [2.24, 2.45) is 0 Å². The largest absolute Gasteiger partial charge is 0.479 e. The van der Waals surface area contributed by atoms with Crippen LogP contribution in [0.4, 0.5) is 11.4 Å². The normalized spacial score (nSPS) is 16.2. The molecule has 1 aliphatic rings. The predicted octanol–water partition coefficient (Wildman–Crippen LogP) is 3.66. The van der Waals surface area contributed by atoms with E-state index < -0.39 is 6.10 Å². The second kappa shape index (κ2) is 6.97. The first-order chi connectivity index (χ1) is 12.0. The quantitative estimate of drug-likeness (QED) is 0.925. The van der Waals surface area contributed by atoms with Crippen LogP contribution in [0.3, 0.4) is 0 Å². The lowest BCUT2D eigenvalue weighted by atomic mass is 10.1. The van der Waals surface area contributed by atoms with Crippen molar-refractivity contribution in [2.45, 2.75) is 39.8 Å². The molecule has 0 bridgehead atoms. The number of nitrogens with zero attached hydrogens (tertiary/aromatic N) is 1. The van der Waals surface area contributed by atoms with Crippen molar-refractivity contribution < 1.29 is 14.3 Å². The van der Waals surface area contributed by atoms with Gasteiger partial charge in [-0.2, -0.15) is 0 Å². The van der Waals surface area contributed by atoms with Gasteiger partial charge in [-0.15, -0.1) is 0 Å². The molecule has 0 radical (unpaired) electrons. The third kappa shape index (κ3) is 3.50. The predicted molar refractivity (Wildman–Crippen MR) is 97.8 cm³/mol. The van der Waals surface area contributed by atoms with Crippen LogP contribution < -0.4 is 15.0 Å². The highest BCUT2D eigenvalue weighted by Crippen LogP contribution is 2.37. The van der Waals surface area contributed by atoms with Gasteiger partial charge in [-0.1, -0.05) is 31.2 Å². The monoisotopic (exact) mass is 338 g/mol. The Labute approximate surface area is 147 Å². The summed E-state index contributed by atoms with van der Waals surface area (Å²) in [7, 11) is 0. The van der Waals surface area contributed by atoms with E-state index in [1.165, 1.54) is 0 Å². The molecule has 0 saturated heterocycles. The maximum Gasteiger partial charge on any atom is 0.268 e. The third-order valence-electron chi connectivity index (χ3n) is 4.36. The minimum Gasteiger partial charge on any atom is -0.479 e. The van der Waals surface area contributed by atoms with E-state index in [9.17, 15) is 9.59 Å². The Morgan fingerprint density at radius 2 is 2.00 bits per heavy atom. The maximum atomic E-state index is 12.7. The molecule has 1 atom stereocenters. The zero-order chi connectivity index (χ0) is 18.0. The van der Waals surface area contributed by atoms with Crippen LogP contribution in [-0.4, -0.2) is 17.9 Å². The van der Waals surface area contributed by atoms with Crippen LogP contribution in [0.15, 0.2) is 42.5 Å². The van der Waals surface area contributed by atoms with Gasteiger partial charge in [0.15, 0.2) is 6.10 Å². The Morgan fingerprint density at radius 3 is 2.72 bits per heavy atom. The number of hydrogen-bond acceptors (Lipinski definition) is 3. The van der Waals surface area contributed by atoms with Crippen molar-refractivity contribution in [1.82, 2.24) is 0 Å². The fourth-order valence-corrected chi connectivity index (χ4v) is 2.86. The topological polar surface area (TPSA) is 58.6 Å². The van der Waals surface area contributed by atoms with Crippen LogP contribution in [0.5, 0.6) is 5.75 Å². The van der Waals surface area contributed by atoms with E-state index in [0.29, 0.717) is 30.1 Å². The van der Waals surface area contributed by atoms with Crippen LogP contribution in [0, 0.1) is 6.92 Å². The second-order valence-corrected chi connectivity index (χ2v) is 6.20. The molecule has 0 saturated carbocycles. The minimum atomic E-state index is -0.535. The first-order valence-corrected chi connectivity index (χ1v) is 8.46. The van der Waals surface area contributed by atoms with Gasteiger partial charge in [0, 0.05) is 12.1 Å². The SMILES string of the molecule is CCC(=O)Nc1ccc2c(c1)N(Cc1ccccc1C)C(=O)C(C)O2. The Bertz CT molecular complexity index is 816. The van der Waals surface area contributed by atoms with Gasteiger partial charge in [-0.3, -0.25) is 9.59 Å². The zero-order valence-corrected chi connectivity index (χ0v) is 14.7. The lowest BCUT2D eigenvalue weighted by Gasteiger charge is -2.33. The average molecular weight is 338 g/mol. The van der Waals surface area contributed by atoms with Gasteiger partial charge in [-0.05, 0) is 43.2 Å². The standard InChI is InChI=1S/C20H22N2O3/c1-4-19(23)21-16-9-10-18-17(11-16)22(20(24)14(3)25-18)12-15-8-6-5-7-13(15)2/h5-11,14H,4,12H2,1-3H3,(H,21,23). The van der Waals surface area contributed by atoms with E-state index in [1.807, 2.05) is 31.2 Å². The Hall–Kier alpha value is -2.82. The fourth-order valence-electron chi connectivity index (χ4n) is 2.86. The number of amides is 2. The molecule has 2 aromatic rings. The lowest BCUT2D eigenvalue weighted by molar-refractivity contribution is -0.125. The molecule has 1 unspecified atom stereocenters. The average Bonchev–Trinajstić information content (AvgIpc) is 2.61. The van der Waals surface area contributed by atoms with Crippen LogP contribution in [0.25, 0.3) is 0 Å². The summed E-state index contributed by atoms with van der Waals surface area (Å²) in [5, 5.41) is 2.83. The van der Waals surface area contributed by atoms with E-state index >= 15 is 0 Å². The van der Waals surface area contributed by atoms with E-state index in [1.54, 1.807) is 36.9 Å². The molecule has 25 heavy (non-hydrogen) atoms. The molecule has 5 heteroatoms. The van der Waals surface area contributed by atoms with Crippen molar-refractivity contribution in [3.63, 3.8) is 0 Å². The molecule has 2 aromatic carbocycles. The van der Waals surface area contributed by atoms with Crippen LogP contribution in [-0.2, 0) is 16.1 Å². The van der Waals surface area contributed by atoms with Crippen molar-refractivity contribution in [2.75, 3.05) is 10.2 Å². The molecule has 1 heterocycles. The molecule has 5 nitrogen and oxygen atoms in total. The molecule has 0 spiro atoms. The maximum absolute atomic E-state index is 12.7. The number of ether oxygens (including phenoxy) is 1. The lowest BCUT2D eigenvalue weighted by Crippen LogP contribution is -2.44. The Balaban J connectivity index is 1.98. The Kier molecular flexibility index (Phi) is 4.74. The molecular formula is C20H22N2O3. The molecular weight excluding hydrogens is 316 g/mol. The highest BCUT2D eigenvalue weighted by Gasteiger charge is 2.32. The molecule has 0 aliphatic carbocycles. The molecule has 1 N–H and O–H groups in total. The van der Waals surface area contributed by atoms with E-state index in [4.69, 9.17) is 4.74 Å². The first kappa shape index (κ1) is 17.0. The van der Waals surface area contributed by atoms with Gasteiger partial charge in [-0.25, -0.2) is 0 Å². The van der Waals surface area contributed by atoms with Crippen molar-refractivity contribution >= 4 is 23.2 Å². The number of benzene rings is 2. The van der Waals surface area contributed by atoms with Gasteiger partial charge < -0.3 is 15.0 Å². The Morgan fingerprint density at radius 1 is 1.24 bits per heavy atom. The van der Waals surface area contributed by atoms with E-state index in [2.05, 4.69) is 5.32 Å². The zero-order valence-electron chi connectivity index (χ0n) is 14.7. The number of hydrogen-bond donors (Lipinski definition) is 1. The third-order valence-corrected chi connectivity index (χ3v) is 4.36. The molecule has 2 amide bonds. The second-order valence-electron chi connectivity index (χ2n) is 6.20. The van der Waals surface area contributed by atoms with E-state index in [-0.39, 0.29) is 11.8 Å². The summed E-state index contributed by atoms with van der Waals surface area (Å²) in [5.74, 6) is 0.492. The van der Waals surface area contributed by atoms with Gasteiger partial charge in [0.1, 0.15) is 5.75 Å². The molecule has 0 aromatic heterocycles. The number of aryl methyl sites for hydroxylation is 1. The molecule has 0 fully saturated rings. The summed E-state index contributed by atoms with van der Waals surface area (Å²) in [6, 6.07) is 13.4. The van der Waals surface area contributed by atoms with Gasteiger partial charge in [0.25, 0.3) is 5.91 Å². The molecule has 1 aliphatic heterocycles. The summed E-state index contributed by atoms with van der Waals surface area (Å²) >= 11 is 0.